The summed E-state index contributed by atoms with van der Waals surface area (Å²) in [7, 11) is 0. The van der Waals surface area contributed by atoms with Gasteiger partial charge >= 0.3 is 0 Å². The lowest BCUT2D eigenvalue weighted by Gasteiger charge is -2.34. The van der Waals surface area contributed by atoms with Crippen molar-refractivity contribution in [3.63, 3.8) is 0 Å². The predicted octanol–water partition coefficient (Wildman–Crippen LogP) is 3.00. The van der Waals surface area contributed by atoms with Crippen molar-refractivity contribution in [3.8, 4) is 0 Å². The van der Waals surface area contributed by atoms with Gasteiger partial charge in [-0.15, -0.1) is 0 Å². The lowest BCUT2D eigenvalue weighted by atomic mass is 9.99. The molecule has 1 aliphatic heterocycles. The fourth-order valence-electron chi connectivity index (χ4n) is 3.97. The van der Waals surface area contributed by atoms with Crippen molar-refractivity contribution in [1.82, 2.24) is 20.6 Å². The zero-order valence-electron chi connectivity index (χ0n) is 19.0. The largest absolute Gasteiger partial charge is 0.361 e. The summed E-state index contributed by atoms with van der Waals surface area (Å²) in [6.07, 6.45) is 1.73. The van der Waals surface area contributed by atoms with Crippen LogP contribution >= 0.6 is 0 Å². The topological polar surface area (TPSA) is 107 Å². The number of aromatic amines is 1. The molecule has 3 N–H and O–H groups in total. The smallest absolute Gasteiger partial charge is 0.266 e. The number of carbonyl (C=O) groups excluding carboxylic acids is 3. The predicted molar refractivity (Wildman–Crippen MR) is 126 cm³/mol. The molecule has 0 saturated heterocycles. The fourth-order valence-corrected chi connectivity index (χ4v) is 3.97. The quantitative estimate of drug-likeness (QED) is 0.562. The lowest BCUT2D eigenvalue weighted by Crippen LogP contribution is -2.55. The number of amidine groups is 1. The van der Waals surface area contributed by atoms with Crippen LogP contribution in [0.3, 0.4) is 0 Å². The van der Waals surface area contributed by atoms with Crippen LogP contribution in [0.5, 0.6) is 0 Å². The van der Waals surface area contributed by atoms with E-state index in [2.05, 4.69) is 20.7 Å². The molecule has 3 amide bonds. The summed E-state index contributed by atoms with van der Waals surface area (Å²) in [5, 5.41) is 12.2. The first-order valence-corrected chi connectivity index (χ1v) is 10.9. The molecule has 0 radical (unpaired) electrons. The Labute approximate surface area is 192 Å². The van der Waals surface area contributed by atoms with Crippen molar-refractivity contribution >= 4 is 34.5 Å². The summed E-state index contributed by atoms with van der Waals surface area (Å²) in [6, 6.07) is 13.3. The van der Waals surface area contributed by atoms with E-state index in [1.54, 1.807) is 6.20 Å². The van der Waals surface area contributed by atoms with Crippen molar-refractivity contribution in [3.05, 3.63) is 71.4 Å². The van der Waals surface area contributed by atoms with Crippen molar-refractivity contribution in [1.29, 1.82) is 0 Å². The van der Waals surface area contributed by atoms with E-state index in [-0.39, 0.29) is 23.6 Å². The maximum absolute atomic E-state index is 13.7. The molecule has 33 heavy (non-hydrogen) atoms. The van der Waals surface area contributed by atoms with Crippen LogP contribution in [0.1, 0.15) is 43.5 Å². The monoisotopic (exact) mass is 445 g/mol. The number of hydrogen-bond acceptors (Lipinski definition) is 4. The van der Waals surface area contributed by atoms with Crippen LogP contribution < -0.4 is 10.6 Å². The van der Waals surface area contributed by atoms with Gasteiger partial charge < -0.3 is 15.6 Å². The molecular weight excluding hydrogens is 418 g/mol. The van der Waals surface area contributed by atoms with Crippen molar-refractivity contribution in [2.24, 2.45) is 11.0 Å². The van der Waals surface area contributed by atoms with Gasteiger partial charge in [0.05, 0.1) is 0 Å². The Morgan fingerprint density at radius 2 is 1.79 bits per heavy atom. The highest BCUT2D eigenvalue weighted by Crippen LogP contribution is 2.32. The molecule has 8 heteroatoms. The molecule has 3 aromatic rings. The molecule has 0 aliphatic carbocycles. The maximum Gasteiger partial charge on any atom is 0.266 e. The van der Waals surface area contributed by atoms with E-state index in [1.807, 2.05) is 69.3 Å². The standard InChI is InChI=1S/C25H27N5O3/c1-14(2)21(27-16(4)31)25(33)30-22(19-13-26-20-8-6-5-7-18(19)20)24(32)28-23(29-30)17-11-9-15(3)10-12-17/h5-14,21-22,26H,1-4H3,(H,27,31)(H,28,29,32)/t21-,22-/m0/s1. The zero-order valence-corrected chi connectivity index (χ0v) is 19.0. The lowest BCUT2D eigenvalue weighted by molar-refractivity contribution is -0.145. The highest BCUT2D eigenvalue weighted by Gasteiger charge is 2.41. The number of H-pyrrole nitrogens is 1. The summed E-state index contributed by atoms with van der Waals surface area (Å²) in [5.41, 5.74) is 3.23. The SMILES string of the molecule is CC(=O)N[C@H](C(=O)N1N=C(c2ccc(C)cc2)NC(=O)[C@@H]1c1c[nH]c2ccccc12)C(C)C. The Balaban J connectivity index is 1.84. The number of nitrogens with zero attached hydrogens (tertiary/aromatic N) is 2. The second-order valence-electron chi connectivity index (χ2n) is 8.60. The van der Waals surface area contributed by atoms with E-state index in [1.165, 1.54) is 11.9 Å². The van der Waals surface area contributed by atoms with E-state index >= 15 is 0 Å². The van der Waals surface area contributed by atoms with Gasteiger partial charge in [0.15, 0.2) is 11.9 Å². The first-order chi connectivity index (χ1) is 15.8. The van der Waals surface area contributed by atoms with Crippen LogP contribution in [-0.4, -0.2) is 39.6 Å². The summed E-state index contributed by atoms with van der Waals surface area (Å²) < 4.78 is 0. The minimum atomic E-state index is -0.988. The van der Waals surface area contributed by atoms with E-state index in [9.17, 15) is 14.4 Å². The minimum Gasteiger partial charge on any atom is -0.361 e. The fraction of sp³-hybridized carbons (Fsp3) is 0.280. The average molecular weight is 446 g/mol. The molecule has 0 spiro atoms. The van der Waals surface area contributed by atoms with Crippen molar-refractivity contribution in [2.75, 3.05) is 0 Å². The Hall–Kier alpha value is -3.94. The van der Waals surface area contributed by atoms with Gasteiger partial charge in [0.2, 0.25) is 5.91 Å². The molecule has 2 aromatic carbocycles. The number of rotatable bonds is 5. The Morgan fingerprint density at radius 1 is 1.09 bits per heavy atom. The second kappa shape index (κ2) is 8.90. The highest BCUT2D eigenvalue weighted by atomic mass is 16.2. The first kappa shape index (κ1) is 22.3. The molecule has 2 atom stereocenters. The number of benzene rings is 2. The Morgan fingerprint density at radius 3 is 2.45 bits per heavy atom. The normalized spacial score (nSPS) is 17.0. The number of fused-ring (bicyclic) bond motifs is 1. The van der Waals surface area contributed by atoms with Crippen LogP contribution in [0, 0.1) is 12.8 Å². The molecule has 0 fully saturated rings. The maximum atomic E-state index is 13.7. The Kier molecular flexibility index (Phi) is 6.00. The average Bonchev–Trinajstić information content (AvgIpc) is 3.20. The molecule has 170 valence electrons. The van der Waals surface area contributed by atoms with Gasteiger partial charge in [-0.3, -0.25) is 14.4 Å². The first-order valence-electron chi connectivity index (χ1n) is 10.9. The third-order valence-electron chi connectivity index (χ3n) is 5.70. The highest BCUT2D eigenvalue weighted by molar-refractivity contribution is 6.12. The number of hydrogen-bond donors (Lipinski definition) is 3. The molecule has 0 bridgehead atoms. The summed E-state index contributed by atoms with van der Waals surface area (Å²) in [6.45, 7) is 7.01. The van der Waals surface area contributed by atoms with Gasteiger partial charge in [-0.05, 0) is 18.9 Å². The Bertz CT molecular complexity index is 1240. The molecule has 1 aromatic heterocycles. The molecule has 4 rings (SSSR count). The number of aryl methyl sites for hydroxylation is 1. The summed E-state index contributed by atoms with van der Waals surface area (Å²) in [5.74, 6) is -1.06. The molecule has 1 aliphatic rings. The number of aromatic nitrogens is 1. The van der Waals surface area contributed by atoms with Crippen molar-refractivity contribution in [2.45, 2.75) is 39.8 Å². The van der Waals surface area contributed by atoms with Crippen LogP contribution in [0.25, 0.3) is 10.9 Å². The van der Waals surface area contributed by atoms with Gasteiger partial charge in [-0.2, -0.15) is 5.10 Å². The van der Waals surface area contributed by atoms with Gasteiger partial charge in [-0.25, -0.2) is 5.01 Å². The van der Waals surface area contributed by atoms with E-state index in [0.717, 1.165) is 16.5 Å². The van der Waals surface area contributed by atoms with Crippen LogP contribution in [0.2, 0.25) is 0 Å². The number of carbonyl (C=O) groups is 3. The number of amides is 3. The van der Waals surface area contributed by atoms with E-state index < -0.39 is 18.0 Å². The number of hydrazone groups is 1. The third kappa shape index (κ3) is 4.37. The van der Waals surface area contributed by atoms with Crippen molar-refractivity contribution < 1.29 is 14.4 Å². The van der Waals surface area contributed by atoms with E-state index in [4.69, 9.17) is 0 Å². The second-order valence-corrected chi connectivity index (χ2v) is 8.60. The van der Waals surface area contributed by atoms with Crippen LogP contribution in [-0.2, 0) is 14.4 Å². The van der Waals surface area contributed by atoms with E-state index in [0.29, 0.717) is 11.1 Å². The van der Waals surface area contributed by atoms with Gasteiger partial charge in [0.1, 0.15) is 6.04 Å². The molecule has 2 heterocycles. The number of nitrogens with one attached hydrogen (secondary N) is 3. The van der Waals surface area contributed by atoms with Gasteiger partial charge in [0, 0.05) is 35.2 Å². The molecule has 0 unspecified atom stereocenters. The summed E-state index contributed by atoms with van der Waals surface area (Å²) in [4.78, 5) is 42.1. The number of para-hydroxylation sites is 1. The van der Waals surface area contributed by atoms with Crippen LogP contribution in [0.4, 0.5) is 0 Å². The molecule has 0 saturated carbocycles. The molecule has 8 nitrogen and oxygen atoms in total. The summed E-state index contributed by atoms with van der Waals surface area (Å²) >= 11 is 0. The third-order valence-corrected chi connectivity index (χ3v) is 5.70. The zero-order chi connectivity index (χ0) is 23.7. The minimum absolute atomic E-state index is 0.201. The van der Waals surface area contributed by atoms with Gasteiger partial charge in [0.25, 0.3) is 11.8 Å². The van der Waals surface area contributed by atoms with Gasteiger partial charge in [-0.1, -0.05) is 61.9 Å². The van der Waals surface area contributed by atoms with Crippen LogP contribution in [0.15, 0.2) is 59.8 Å². The molecular formula is C25H27N5O3.